The minimum Gasteiger partial charge on any atom is -0.350 e. The summed E-state index contributed by atoms with van der Waals surface area (Å²) in [4.78, 5) is 11.6. The van der Waals surface area contributed by atoms with Gasteiger partial charge in [0.25, 0.3) is 16.1 Å². The first kappa shape index (κ1) is 16.2. The first-order valence-corrected chi connectivity index (χ1v) is 7.29. The maximum atomic E-state index is 12.9. The molecule has 10 heteroatoms. The van der Waals surface area contributed by atoms with Gasteiger partial charge in [-0.2, -0.15) is 12.7 Å². The summed E-state index contributed by atoms with van der Waals surface area (Å²) in [5.41, 5.74) is 4.85. The van der Waals surface area contributed by atoms with E-state index in [0.29, 0.717) is 0 Å². The van der Waals surface area contributed by atoms with Gasteiger partial charge in [0.1, 0.15) is 0 Å². The van der Waals surface area contributed by atoms with Gasteiger partial charge < -0.3 is 11.1 Å². The molecular formula is C9H18F2N4O3S. The number of piperidine rings is 1. The van der Waals surface area contributed by atoms with Crippen molar-refractivity contribution in [2.24, 2.45) is 16.8 Å². The summed E-state index contributed by atoms with van der Waals surface area (Å²) in [5, 5.41) is 7.08. The first-order chi connectivity index (χ1) is 8.65. The molecule has 0 atom stereocenters. The number of nitrogens with two attached hydrogens (primary N) is 2. The van der Waals surface area contributed by atoms with Crippen LogP contribution in [0.25, 0.3) is 0 Å². The lowest BCUT2D eigenvalue weighted by molar-refractivity contribution is -0.127. The zero-order valence-electron chi connectivity index (χ0n) is 10.3. The Morgan fingerprint density at radius 2 is 1.89 bits per heavy atom. The second kappa shape index (κ2) is 6.07. The summed E-state index contributed by atoms with van der Waals surface area (Å²) in [7, 11) is -3.75. The molecule has 1 rings (SSSR count). The molecule has 1 amide bonds. The predicted octanol–water partition coefficient (Wildman–Crippen LogP) is -1.39. The standard InChI is InChI=1S/C9H18F2N4O3S/c10-9(11,5-12)6-14-8(16)7-1-3-15(4-2-7)19(13,17)18/h7H,1-6,12H2,(H,14,16)(H2,13,17,18). The Morgan fingerprint density at radius 1 is 1.37 bits per heavy atom. The predicted molar refractivity (Wildman–Crippen MR) is 64.4 cm³/mol. The second-order valence-corrected chi connectivity index (χ2v) is 6.04. The van der Waals surface area contributed by atoms with Crippen LogP contribution in [0.4, 0.5) is 8.78 Å². The van der Waals surface area contributed by atoms with E-state index in [-0.39, 0.29) is 25.9 Å². The van der Waals surface area contributed by atoms with Crippen LogP contribution in [0.15, 0.2) is 0 Å². The fraction of sp³-hybridized carbons (Fsp3) is 0.889. The lowest BCUT2D eigenvalue weighted by Crippen LogP contribution is -2.47. The molecule has 0 spiro atoms. The van der Waals surface area contributed by atoms with Crippen LogP contribution in [0.2, 0.25) is 0 Å². The van der Waals surface area contributed by atoms with Crippen molar-refractivity contribution in [1.82, 2.24) is 9.62 Å². The molecule has 7 nitrogen and oxygen atoms in total. The van der Waals surface area contributed by atoms with Gasteiger partial charge in [0, 0.05) is 19.0 Å². The van der Waals surface area contributed by atoms with Crippen LogP contribution in [0.3, 0.4) is 0 Å². The minimum atomic E-state index is -3.75. The highest BCUT2D eigenvalue weighted by molar-refractivity contribution is 7.86. The fourth-order valence-corrected chi connectivity index (χ4v) is 2.53. The summed E-state index contributed by atoms with van der Waals surface area (Å²) < 4.78 is 48.9. The van der Waals surface area contributed by atoms with Crippen LogP contribution in [0.5, 0.6) is 0 Å². The van der Waals surface area contributed by atoms with E-state index < -0.39 is 41.0 Å². The largest absolute Gasteiger partial charge is 0.350 e. The second-order valence-electron chi connectivity index (χ2n) is 4.50. The summed E-state index contributed by atoms with van der Waals surface area (Å²) >= 11 is 0. The molecule has 0 aliphatic carbocycles. The fourth-order valence-electron chi connectivity index (χ4n) is 1.81. The van der Waals surface area contributed by atoms with E-state index in [1.165, 1.54) is 0 Å². The van der Waals surface area contributed by atoms with Crippen molar-refractivity contribution in [3.05, 3.63) is 0 Å². The van der Waals surface area contributed by atoms with E-state index in [9.17, 15) is 22.0 Å². The van der Waals surface area contributed by atoms with Crippen LogP contribution in [0, 0.1) is 5.92 Å². The van der Waals surface area contributed by atoms with Crippen molar-refractivity contribution in [1.29, 1.82) is 0 Å². The average molecular weight is 300 g/mol. The van der Waals surface area contributed by atoms with Gasteiger partial charge in [-0.1, -0.05) is 0 Å². The quantitative estimate of drug-likeness (QED) is 0.579. The molecule has 0 saturated carbocycles. The van der Waals surface area contributed by atoms with Gasteiger partial charge in [0.2, 0.25) is 5.91 Å². The summed E-state index contributed by atoms with van der Waals surface area (Å²) in [6.45, 7) is -1.41. The smallest absolute Gasteiger partial charge is 0.277 e. The van der Waals surface area contributed by atoms with Crippen LogP contribution < -0.4 is 16.2 Å². The monoisotopic (exact) mass is 300 g/mol. The van der Waals surface area contributed by atoms with Gasteiger partial charge >= 0.3 is 0 Å². The Bertz CT molecular complexity index is 421. The lowest BCUT2D eigenvalue weighted by Gasteiger charge is -2.29. The molecule has 1 aliphatic rings. The van der Waals surface area contributed by atoms with E-state index in [2.05, 4.69) is 5.32 Å². The Morgan fingerprint density at radius 3 is 2.32 bits per heavy atom. The van der Waals surface area contributed by atoms with E-state index in [1.807, 2.05) is 0 Å². The number of hydrogen-bond acceptors (Lipinski definition) is 4. The molecular weight excluding hydrogens is 282 g/mol. The molecule has 1 aliphatic heterocycles. The van der Waals surface area contributed by atoms with E-state index in [4.69, 9.17) is 10.9 Å². The number of halogens is 2. The molecule has 1 heterocycles. The van der Waals surface area contributed by atoms with Crippen LogP contribution in [-0.2, 0) is 15.0 Å². The molecule has 0 aromatic heterocycles. The third-order valence-corrected chi connectivity index (χ3v) is 4.09. The van der Waals surface area contributed by atoms with Crippen LogP contribution >= 0.6 is 0 Å². The van der Waals surface area contributed by atoms with E-state index in [1.54, 1.807) is 0 Å². The maximum Gasteiger partial charge on any atom is 0.277 e. The van der Waals surface area contributed by atoms with Gasteiger partial charge in [-0.25, -0.2) is 13.9 Å². The zero-order chi connectivity index (χ0) is 14.7. The highest BCUT2D eigenvalue weighted by Crippen LogP contribution is 2.19. The van der Waals surface area contributed by atoms with E-state index in [0.717, 1.165) is 4.31 Å². The third kappa shape index (κ3) is 4.97. The zero-order valence-corrected chi connectivity index (χ0v) is 11.1. The highest BCUT2D eigenvalue weighted by Gasteiger charge is 2.32. The van der Waals surface area contributed by atoms with Crippen molar-refractivity contribution >= 4 is 16.1 Å². The topological polar surface area (TPSA) is 119 Å². The number of carbonyl (C=O) groups is 1. The van der Waals surface area contributed by atoms with Crippen molar-refractivity contribution in [2.75, 3.05) is 26.2 Å². The number of carbonyl (C=O) groups excluding carboxylic acids is 1. The Kier molecular flexibility index (Phi) is 5.18. The van der Waals surface area contributed by atoms with Crippen LogP contribution in [0.1, 0.15) is 12.8 Å². The molecule has 0 aromatic rings. The van der Waals surface area contributed by atoms with Crippen LogP contribution in [-0.4, -0.2) is 50.7 Å². The molecule has 1 fully saturated rings. The van der Waals surface area contributed by atoms with Crippen molar-refractivity contribution in [3.8, 4) is 0 Å². The normalized spacial score (nSPS) is 19.4. The molecule has 0 radical (unpaired) electrons. The summed E-state index contributed by atoms with van der Waals surface area (Å²) in [5.74, 6) is -4.12. The summed E-state index contributed by atoms with van der Waals surface area (Å²) in [6.07, 6.45) is 0.521. The molecule has 0 unspecified atom stereocenters. The van der Waals surface area contributed by atoms with Gasteiger partial charge in [-0.3, -0.25) is 4.79 Å². The number of nitrogens with one attached hydrogen (secondary N) is 1. The van der Waals surface area contributed by atoms with Gasteiger partial charge in [0.15, 0.2) is 0 Å². The first-order valence-electron chi connectivity index (χ1n) is 5.79. The van der Waals surface area contributed by atoms with Gasteiger partial charge in [0.05, 0.1) is 13.1 Å². The third-order valence-electron chi connectivity index (χ3n) is 3.00. The molecule has 0 bridgehead atoms. The molecule has 112 valence electrons. The minimum absolute atomic E-state index is 0.115. The van der Waals surface area contributed by atoms with E-state index >= 15 is 0 Å². The lowest BCUT2D eigenvalue weighted by atomic mass is 9.97. The van der Waals surface area contributed by atoms with Gasteiger partial charge in [-0.15, -0.1) is 0 Å². The highest BCUT2D eigenvalue weighted by atomic mass is 32.2. The summed E-state index contributed by atoms with van der Waals surface area (Å²) in [6, 6.07) is 0. The van der Waals surface area contributed by atoms with Crippen molar-refractivity contribution < 1.29 is 22.0 Å². The number of alkyl halides is 2. The average Bonchev–Trinajstić information content (AvgIpc) is 2.35. The van der Waals surface area contributed by atoms with Crippen molar-refractivity contribution in [3.63, 3.8) is 0 Å². The number of rotatable bonds is 5. The molecule has 0 aromatic carbocycles. The SMILES string of the molecule is NCC(F)(F)CNC(=O)C1CCN(S(N)(=O)=O)CC1. The van der Waals surface area contributed by atoms with Crippen molar-refractivity contribution in [2.45, 2.75) is 18.8 Å². The molecule has 1 saturated heterocycles. The molecule has 5 N–H and O–H groups in total. The Hall–Kier alpha value is -0.840. The number of hydrogen-bond donors (Lipinski definition) is 3. The molecule has 19 heavy (non-hydrogen) atoms. The maximum absolute atomic E-state index is 12.9. The Balaban J connectivity index is 2.41. The number of amides is 1. The Labute approximate surface area is 110 Å². The number of nitrogens with zero attached hydrogens (tertiary/aromatic N) is 1. The van der Waals surface area contributed by atoms with Gasteiger partial charge in [-0.05, 0) is 12.8 Å².